The van der Waals surface area contributed by atoms with Crippen LogP contribution in [0.2, 0.25) is 0 Å². The summed E-state index contributed by atoms with van der Waals surface area (Å²) >= 11 is 1.66. The van der Waals surface area contributed by atoms with Gasteiger partial charge in [-0.05, 0) is 25.0 Å². The van der Waals surface area contributed by atoms with Crippen LogP contribution in [0.25, 0.3) is 10.2 Å². The highest BCUT2D eigenvalue weighted by Crippen LogP contribution is 2.22. The van der Waals surface area contributed by atoms with E-state index in [0.717, 1.165) is 28.1 Å². The van der Waals surface area contributed by atoms with E-state index in [4.69, 9.17) is 9.84 Å². The second-order valence-electron chi connectivity index (χ2n) is 4.73. The molecule has 0 aliphatic rings. The number of hydrogen-bond donors (Lipinski definition) is 2. The Balaban J connectivity index is 1.61. The summed E-state index contributed by atoms with van der Waals surface area (Å²) in [6.45, 7) is 0.191. The van der Waals surface area contributed by atoms with Crippen molar-refractivity contribution in [1.29, 1.82) is 0 Å². The zero-order valence-electron chi connectivity index (χ0n) is 12.1. The summed E-state index contributed by atoms with van der Waals surface area (Å²) in [6.07, 6.45) is 1.94. The molecule has 6 nitrogen and oxygen atoms in total. The van der Waals surface area contributed by atoms with E-state index in [9.17, 15) is 9.59 Å². The number of carbonyl (C=O) groups excluding carboxylic acids is 1. The van der Waals surface area contributed by atoms with Crippen molar-refractivity contribution in [2.24, 2.45) is 0 Å². The Morgan fingerprint density at radius 3 is 2.91 bits per heavy atom. The Morgan fingerprint density at radius 1 is 1.32 bits per heavy atom. The van der Waals surface area contributed by atoms with Crippen LogP contribution in [0.5, 0.6) is 0 Å². The summed E-state index contributed by atoms with van der Waals surface area (Å²) in [4.78, 5) is 26.3. The first kappa shape index (κ1) is 16.4. The number of carbonyl (C=O) groups is 2. The van der Waals surface area contributed by atoms with E-state index >= 15 is 0 Å². The van der Waals surface area contributed by atoms with Crippen molar-refractivity contribution in [3.05, 3.63) is 29.3 Å². The van der Waals surface area contributed by atoms with Crippen LogP contribution in [0.4, 0.5) is 0 Å². The van der Waals surface area contributed by atoms with E-state index in [0.29, 0.717) is 13.0 Å². The number of nitrogens with zero attached hydrogens (tertiary/aromatic N) is 1. The average Bonchev–Trinajstić information content (AvgIpc) is 2.89. The molecule has 0 aliphatic heterocycles. The number of fused-ring (bicyclic) bond motifs is 1. The maximum absolute atomic E-state index is 11.6. The maximum atomic E-state index is 11.6. The Labute approximate surface area is 132 Å². The Bertz CT molecular complexity index is 608. The quantitative estimate of drug-likeness (QED) is 0.688. The van der Waals surface area contributed by atoms with Gasteiger partial charge in [-0.25, -0.2) is 9.78 Å². The van der Waals surface area contributed by atoms with Gasteiger partial charge in [-0.15, -0.1) is 11.3 Å². The molecular formula is C15H18N2O4S. The number of aliphatic carboxylic acids is 1. The first-order valence-electron chi connectivity index (χ1n) is 7.06. The highest BCUT2D eigenvalue weighted by molar-refractivity contribution is 7.18. The minimum atomic E-state index is -1.01. The monoisotopic (exact) mass is 322 g/mol. The lowest BCUT2D eigenvalue weighted by Gasteiger charge is -2.04. The fraction of sp³-hybridized carbons (Fsp3) is 0.400. The number of nitrogens with one attached hydrogen (secondary N) is 1. The van der Waals surface area contributed by atoms with Gasteiger partial charge in [-0.3, -0.25) is 4.79 Å². The highest BCUT2D eigenvalue weighted by Gasteiger charge is 2.05. The van der Waals surface area contributed by atoms with Gasteiger partial charge in [-0.2, -0.15) is 0 Å². The van der Waals surface area contributed by atoms with Gasteiger partial charge in [0.1, 0.15) is 6.61 Å². The summed E-state index contributed by atoms with van der Waals surface area (Å²) < 4.78 is 5.99. The van der Waals surface area contributed by atoms with Crippen LogP contribution in [-0.4, -0.2) is 41.7 Å². The average molecular weight is 322 g/mol. The number of ether oxygens (including phenoxy) is 1. The molecule has 1 aromatic heterocycles. The summed E-state index contributed by atoms with van der Waals surface area (Å²) in [5.74, 6) is -1.07. The van der Waals surface area contributed by atoms with Crippen molar-refractivity contribution >= 4 is 33.4 Å². The molecule has 0 atom stereocenters. The molecule has 2 rings (SSSR count). The Morgan fingerprint density at radius 2 is 2.14 bits per heavy atom. The van der Waals surface area contributed by atoms with E-state index in [2.05, 4.69) is 10.3 Å². The van der Waals surface area contributed by atoms with Crippen LogP contribution in [0.15, 0.2) is 24.3 Å². The summed E-state index contributed by atoms with van der Waals surface area (Å²) in [5.41, 5.74) is 1.00. The molecule has 2 aromatic rings. The Kier molecular flexibility index (Phi) is 6.29. The topological polar surface area (TPSA) is 88.5 Å². The predicted molar refractivity (Wildman–Crippen MR) is 84.0 cm³/mol. The zero-order valence-corrected chi connectivity index (χ0v) is 12.9. The molecule has 0 bridgehead atoms. The van der Waals surface area contributed by atoms with Crippen LogP contribution in [-0.2, 0) is 20.7 Å². The molecule has 22 heavy (non-hydrogen) atoms. The zero-order chi connectivity index (χ0) is 15.8. The van der Waals surface area contributed by atoms with E-state index in [1.807, 2.05) is 24.3 Å². The van der Waals surface area contributed by atoms with Crippen molar-refractivity contribution in [3.63, 3.8) is 0 Å². The number of amides is 1. The highest BCUT2D eigenvalue weighted by atomic mass is 32.1. The van der Waals surface area contributed by atoms with Gasteiger partial charge in [0.15, 0.2) is 0 Å². The number of carboxylic acid groups (broad SMARTS) is 1. The van der Waals surface area contributed by atoms with Gasteiger partial charge in [0.2, 0.25) is 5.91 Å². The minimum absolute atomic E-state index is 0.0555. The van der Waals surface area contributed by atoms with Crippen molar-refractivity contribution in [2.45, 2.75) is 19.3 Å². The smallest absolute Gasteiger partial charge is 0.329 e. The van der Waals surface area contributed by atoms with E-state index in [-0.39, 0.29) is 19.1 Å². The molecule has 0 saturated carbocycles. The number of carboxylic acids is 1. The van der Waals surface area contributed by atoms with Gasteiger partial charge in [0, 0.05) is 13.0 Å². The van der Waals surface area contributed by atoms with Crippen LogP contribution >= 0.6 is 11.3 Å². The molecule has 2 N–H and O–H groups in total. The molecule has 0 aliphatic carbocycles. The predicted octanol–water partition coefficient (Wildman–Crippen LogP) is 1.84. The van der Waals surface area contributed by atoms with Crippen molar-refractivity contribution in [1.82, 2.24) is 10.3 Å². The summed E-state index contributed by atoms with van der Waals surface area (Å²) in [5, 5.41) is 12.1. The van der Waals surface area contributed by atoms with E-state index < -0.39 is 5.97 Å². The molecule has 1 amide bonds. The number of thiazole rings is 1. The molecule has 0 fully saturated rings. The first-order chi connectivity index (χ1) is 10.6. The van der Waals surface area contributed by atoms with Crippen LogP contribution in [0, 0.1) is 0 Å². The standard InChI is InChI=1S/C15H18N2O4S/c18-13(16-8-9-21-10-15(19)20)6-3-7-14-17-11-4-1-2-5-12(11)22-14/h1-2,4-5H,3,6-10H2,(H,16,18)(H,19,20). The van der Waals surface area contributed by atoms with Gasteiger partial charge in [0.05, 0.1) is 21.8 Å². The molecule has 7 heteroatoms. The van der Waals surface area contributed by atoms with Gasteiger partial charge >= 0.3 is 5.97 Å². The van der Waals surface area contributed by atoms with Gasteiger partial charge in [0.25, 0.3) is 0 Å². The van der Waals surface area contributed by atoms with E-state index in [1.54, 1.807) is 11.3 Å². The second kappa shape index (κ2) is 8.45. The van der Waals surface area contributed by atoms with Gasteiger partial charge in [-0.1, -0.05) is 12.1 Å². The number of benzene rings is 1. The largest absolute Gasteiger partial charge is 0.480 e. The number of para-hydroxylation sites is 1. The number of aromatic nitrogens is 1. The lowest BCUT2D eigenvalue weighted by atomic mass is 10.2. The minimum Gasteiger partial charge on any atom is -0.480 e. The molecule has 0 radical (unpaired) electrons. The number of rotatable bonds is 9. The van der Waals surface area contributed by atoms with Gasteiger partial charge < -0.3 is 15.2 Å². The molecule has 118 valence electrons. The van der Waals surface area contributed by atoms with Crippen molar-refractivity contribution < 1.29 is 19.4 Å². The number of hydrogen-bond acceptors (Lipinski definition) is 5. The fourth-order valence-electron chi connectivity index (χ4n) is 1.94. The molecule has 0 spiro atoms. The molecular weight excluding hydrogens is 304 g/mol. The maximum Gasteiger partial charge on any atom is 0.329 e. The third-order valence-electron chi connectivity index (χ3n) is 2.93. The molecule has 1 aromatic carbocycles. The SMILES string of the molecule is O=C(O)COCCNC(=O)CCCc1nc2ccccc2s1. The normalized spacial score (nSPS) is 10.7. The molecule has 0 unspecified atom stereocenters. The molecule has 0 saturated heterocycles. The van der Waals surface area contributed by atoms with Crippen LogP contribution in [0.1, 0.15) is 17.8 Å². The van der Waals surface area contributed by atoms with Crippen molar-refractivity contribution in [2.75, 3.05) is 19.8 Å². The third kappa shape index (κ3) is 5.42. The van der Waals surface area contributed by atoms with Crippen molar-refractivity contribution in [3.8, 4) is 0 Å². The number of aryl methyl sites for hydroxylation is 1. The first-order valence-corrected chi connectivity index (χ1v) is 7.87. The lowest BCUT2D eigenvalue weighted by molar-refractivity contribution is -0.142. The Hall–Kier alpha value is -1.99. The van der Waals surface area contributed by atoms with Crippen LogP contribution in [0.3, 0.4) is 0 Å². The second-order valence-corrected chi connectivity index (χ2v) is 5.84. The fourth-order valence-corrected chi connectivity index (χ4v) is 2.95. The molecule has 1 heterocycles. The third-order valence-corrected chi connectivity index (χ3v) is 4.02. The van der Waals surface area contributed by atoms with Crippen LogP contribution < -0.4 is 5.32 Å². The van der Waals surface area contributed by atoms with E-state index in [1.165, 1.54) is 0 Å². The summed E-state index contributed by atoms with van der Waals surface area (Å²) in [7, 11) is 0. The summed E-state index contributed by atoms with van der Waals surface area (Å²) in [6, 6.07) is 7.98. The lowest BCUT2D eigenvalue weighted by Crippen LogP contribution is -2.27.